The predicted molar refractivity (Wildman–Crippen MR) is 106 cm³/mol. The van der Waals surface area contributed by atoms with Gasteiger partial charge in [-0.1, -0.05) is 42.5 Å². The standard InChI is InChI=1S/C14H10N2O.C8H7NO/c17-14-12(9-10-5-3-4-8-15-10)11-6-1-2-7-13(11)16-14;10-8-5-6-3-1-2-4-7(6)9-8/h1-9H,(H,16,17);1-4H,5H2,(H,9,10)/b12-9-;. The number of benzene rings is 2. The first kappa shape index (κ1) is 16.7. The summed E-state index contributed by atoms with van der Waals surface area (Å²) in [6.07, 6.45) is 4.06. The zero-order valence-electron chi connectivity index (χ0n) is 14.5. The van der Waals surface area contributed by atoms with Crippen LogP contribution in [-0.2, 0) is 16.0 Å². The Hall–Kier alpha value is -3.73. The van der Waals surface area contributed by atoms with Crippen LogP contribution in [-0.4, -0.2) is 16.8 Å². The number of nitrogens with one attached hydrogen (secondary N) is 2. The fourth-order valence-corrected chi connectivity index (χ4v) is 3.06. The minimum atomic E-state index is -0.0724. The van der Waals surface area contributed by atoms with Crippen LogP contribution >= 0.6 is 0 Å². The van der Waals surface area contributed by atoms with E-state index in [-0.39, 0.29) is 11.8 Å². The number of para-hydroxylation sites is 2. The first-order valence-corrected chi connectivity index (χ1v) is 8.62. The average molecular weight is 355 g/mol. The Morgan fingerprint density at radius 2 is 1.56 bits per heavy atom. The van der Waals surface area contributed by atoms with Crippen LogP contribution in [0.25, 0.3) is 11.6 Å². The minimum Gasteiger partial charge on any atom is -0.326 e. The molecule has 0 radical (unpaired) electrons. The van der Waals surface area contributed by atoms with Gasteiger partial charge in [0.05, 0.1) is 17.7 Å². The maximum Gasteiger partial charge on any atom is 0.256 e. The minimum absolute atomic E-state index is 0.0724. The highest BCUT2D eigenvalue weighted by molar-refractivity contribution is 6.34. The Kier molecular flexibility index (Phi) is 4.49. The first-order chi connectivity index (χ1) is 13.2. The van der Waals surface area contributed by atoms with Gasteiger partial charge in [-0.2, -0.15) is 0 Å². The van der Waals surface area contributed by atoms with E-state index in [2.05, 4.69) is 15.6 Å². The van der Waals surface area contributed by atoms with Gasteiger partial charge in [-0.25, -0.2) is 0 Å². The number of hydrogen-bond donors (Lipinski definition) is 2. The summed E-state index contributed by atoms with van der Waals surface area (Å²) in [4.78, 5) is 26.8. The molecule has 5 heteroatoms. The van der Waals surface area contributed by atoms with Gasteiger partial charge in [0, 0.05) is 23.1 Å². The third-order valence-electron chi connectivity index (χ3n) is 4.33. The molecule has 3 aromatic rings. The Morgan fingerprint density at radius 1 is 0.815 bits per heavy atom. The highest BCUT2D eigenvalue weighted by atomic mass is 16.2. The first-order valence-electron chi connectivity index (χ1n) is 8.62. The summed E-state index contributed by atoms with van der Waals surface area (Å²) < 4.78 is 0. The molecule has 2 aromatic carbocycles. The van der Waals surface area contributed by atoms with Crippen LogP contribution in [0.4, 0.5) is 11.4 Å². The summed E-state index contributed by atoms with van der Waals surface area (Å²) in [7, 11) is 0. The van der Waals surface area contributed by atoms with Crippen molar-refractivity contribution in [1.82, 2.24) is 4.98 Å². The largest absolute Gasteiger partial charge is 0.326 e. The molecule has 0 bridgehead atoms. The van der Waals surface area contributed by atoms with Crippen LogP contribution in [0.2, 0.25) is 0 Å². The average Bonchev–Trinajstić information content (AvgIpc) is 3.22. The molecule has 132 valence electrons. The third-order valence-corrected chi connectivity index (χ3v) is 4.33. The number of hydrogen-bond acceptors (Lipinski definition) is 3. The number of fused-ring (bicyclic) bond motifs is 2. The van der Waals surface area contributed by atoms with E-state index in [1.165, 1.54) is 0 Å². The van der Waals surface area contributed by atoms with Crippen molar-refractivity contribution >= 4 is 34.8 Å². The summed E-state index contributed by atoms with van der Waals surface area (Å²) >= 11 is 0. The van der Waals surface area contributed by atoms with E-state index in [4.69, 9.17) is 0 Å². The zero-order chi connectivity index (χ0) is 18.6. The molecule has 2 aliphatic rings. The lowest BCUT2D eigenvalue weighted by Gasteiger charge is -1.97. The Labute approximate surface area is 156 Å². The van der Waals surface area contributed by atoms with Crippen molar-refractivity contribution in [2.45, 2.75) is 6.42 Å². The van der Waals surface area contributed by atoms with Crippen LogP contribution in [0.1, 0.15) is 16.8 Å². The van der Waals surface area contributed by atoms with Crippen molar-refractivity contribution in [3.05, 3.63) is 89.7 Å². The number of pyridine rings is 1. The SMILES string of the molecule is O=C1Cc2ccccc2N1.O=C1Nc2ccccc2/C1=C/c1ccccn1. The smallest absolute Gasteiger partial charge is 0.256 e. The second-order valence-electron chi connectivity index (χ2n) is 6.19. The zero-order valence-corrected chi connectivity index (χ0v) is 14.5. The van der Waals surface area contributed by atoms with E-state index < -0.39 is 0 Å². The molecule has 2 aliphatic heterocycles. The van der Waals surface area contributed by atoms with Crippen molar-refractivity contribution in [3.8, 4) is 0 Å². The lowest BCUT2D eigenvalue weighted by Crippen LogP contribution is -2.03. The summed E-state index contributed by atoms with van der Waals surface area (Å²) in [5.74, 6) is 0.0260. The molecule has 5 nitrogen and oxygen atoms in total. The fraction of sp³-hybridized carbons (Fsp3) is 0.0455. The van der Waals surface area contributed by atoms with Gasteiger partial charge in [-0.05, 0) is 35.9 Å². The fourth-order valence-electron chi connectivity index (χ4n) is 3.06. The van der Waals surface area contributed by atoms with Crippen LogP contribution in [0.5, 0.6) is 0 Å². The van der Waals surface area contributed by atoms with Gasteiger partial charge >= 0.3 is 0 Å². The van der Waals surface area contributed by atoms with E-state index >= 15 is 0 Å². The van der Waals surface area contributed by atoms with Crippen LogP contribution in [0, 0.1) is 0 Å². The van der Waals surface area contributed by atoms with Gasteiger partial charge in [-0.15, -0.1) is 0 Å². The van der Waals surface area contributed by atoms with E-state index in [1.54, 1.807) is 12.3 Å². The number of anilines is 2. The predicted octanol–water partition coefficient (Wildman–Crippen LogP) is 3.76. The highest BCUT2D eigenvalue weighted by Crippen LogP contribution is 2.32. The number of aromatic nitrogens is 1. The normalized spacial score (nSPS) is 15.3. The molecule has 0 fully saturated rings. The van der Waals surface area contributed by atoms with Gasteiger partial charge in [0.1, 0.15) is 0 Å². The quantitative estimate of drug-likeness (QED) is 0.653. The van der Waals surface area contributed by atoms with Gasteiger partial charge in [0.15, 0.2) is 0 Å². The molecule has 1 aromatic heterocycles. The van der Waals surface area contributed by atoms with Gasteiger partial charge in [0.25, 0.3) is 5.91 Å². The maximum atomic E-state index is 11.8. The molecule has 0 saturated heterocycles. The lowest BCUT2D eigenvalue weighted by atomic mass is 10.1. The van der Waals surface area contributed by atoms with Crippen LogP contribution in [0.3, 0.4) is 0 Å². The van der Waals surface area contributed by atoms with E-state index in [0.29, 0.717) is 12.0 Å². The molecule has 27 heavy (non-hydrogen) atoms. The van der Waals surface area contributed by atoms with Crippen molar-refractivity contribution in [1.29, 1.82) is 0 Å². The van der Waals surface area contributed by atoms with Crippen molar-refractivity contribution in [2.24, 2.45) is 0 Å². The van der Waals surface area contributed by atoms with E-state index in [9.17, 15) is 9.59 Å². The lowest BCUT2D eigenvalue weighted by molar-refractivity contribution is -0.115. The van der Waals surface area contributed by atoms with Gasteiger partial charge in [0.2, 0.25) is 5.91 Å². The summed E-state index contributed by atoms with van der Waals surface area (Å²) in [5, 5.41) is 5.59. The highest BCUT2D eigenvalue weighted by Gasteiger charge is 2.23. The molecule has 0 aliphatic carbocycles. The molecule has 0 atom stereocenters. The van der Waals surface area contributed by atoms with Gasteiger partial charge in [-0.3, -0.25) is 14.6 Å². The second-order valence-corrected chi connectivity index (χ2v) is 6.19. The van der Waals surface area contributed by atoms with E-state index in [0.717, 1.165) is 28.2 Å². The molecule has 0 saturated carbocycles. The molecule has 0 unspecified atom stereocenters. The molecule has 2 amide bonds. The summed E-state index contributed by atoms with van der Waals surface area (Å²) in [5.41, 5.74) is 5.32. The third kappa shape index (κ3) is 3.62. The van der Waals surface area contributed by atoms with Gasteiger partial charge < -0.3 is 10.6 Å². The van der Waals surface area contributed by atoms with Crippen LogP contribution < -0.4 is 10.6 Å². The topological polar surface area (TPSA) is 71.1 Å². The number of amides is 2. The molecule has 2 N–H and O–H groups in total. The second kappa shape index (κ2) is 7.25. The van der Waals surface area contributed by atoms with E-state index in [1.807, 2.05) is 66.7 Å². The monoisotopic (exact) mass is 355 g/mol. The number of carbonyl (C=O) groups is 2. The number of nitrogens with zero attached hydrogens (tertiary/aromatic N) is 1. The Bertz CT molecular complexity index is 1020. The number of rotatable bonds is 1. The van der Waals surface area contributed by atoms with Crippen molar-refractivity contribution < 1.29 is 9.59 Å². The van der Waals surface area contributed by atoms with Crippen LogP contribution in [0.15, 0.2) is 72.9 Å². The maximum absolute atomic E-state index is 11.8. The molecular formula is C22H17N3O2. The van der Waals surface area contributed by atoms with Crippen molar-refractivity contribution in [3.63, 3.8) is 0 Å². The summed E-state index contributed by atoms with van der Waals surface area (Å²) in [6, 6.07) is 21.0. The molecule has 0 spiro atoms. The summed E-state index contributed by atoms with van der Waals surface area (Å²) in [6.45, 7) is 0. The Morgan fingerprint density at radius 3 is 2.33 bits per heavy atom. The molecule has 3 heterocycles. The number of carbonyl (C=O) groups excluding carboxylic acids is 2. The molecular weight excluding hydrogens is 338 g/mol. The molecule has 5 rings (SSSR count). The van der Waals surface area contributed by atoms with Crippen molar-refractivity contribution in [2.75, 3.05) is 10.6 Å². The Balaban J connectivity index is 0.000000153.